The van der Waals surface area contributed by atoms with Crippen molar-refractivity contribution in [2.24, 2.45) is 5.10 Å². The van der Waals surface area contributed by atoms with Crippen LogP contribution < -0.4 is 5.43 Å². The third-order valence-corrected chi connectivity index (χ3v) is 4.57. The number of carbonyl (C=O) groups excluding carboxylic acids is 1. The molecule has 0 radical (unpaired) electrons. The van der Waals surface area contributed by atoms with E-state index in [4.69, 9.17) is 0 Å². The van der Waals surface area contributed by atoms with Crippen LogP contribution in [0.5, 0.6) is 0 Å². The molecule has 0 bridgehead atoms. The molecule has 0 fully saturated rings. The molecule has 0 aliphatic rings. The first kappa shape index (κ1) is 18.4. The van der Waals surface area contributed by atoms with Crippen molar-refractivity contribution in [1.29, 1.82) is 0 Å². The van der Waals surface area contributed by atoms with Gasteiger partial charge in [-0.3, -0.25) is 9.89 Å². The Balaban J connectivity index is 1.42. The molecule has 1 heterocycles. The van der Waals surface area contributed by atoms with Gasteiger partial charge < -0.3 is 0 Å². The van der Waals surface area contributed by atoms with E-state index in [2.05, 4.69) is 32.9 Å². The highest BCUT2D eigenvalue weighted by Crippen LogP contribution is 2.24. The van der Waals surface area contributed by atoms with Gasteiger partial charge in [-0.05, 0) is 29.7 Å². The third kappa shape index (κ3) is 4.47. The molecule has 1 amide bonds. The van der Waals surface area contributed by atoms with Gasteiger partial charge in [-0.15, -0.1) is 0 Å². The average Bonchev–Trinajstić information content (AvgIpc) is 3.26. The molecule has 0 atom stereocenters. The first-order valence-electron chi connectivity index (χ1n) is 9.30. The third-order valence-electron chi connectivity index (χ3n) is 4.57. The minimum atomic E-state index is -0.340. The lowest BCUT2D eigenvalue weighted by Crippen LogP contribution is -2.17. The van der Waals surface area contributed by atoms with Gasteiger partial charge in [0.1, 0.15) is 5.69 Å². The number of carbonyl (C=O) groups is 1. The SMILES string of the molecule is Cc1ccc(C=NNC(=O)c2cc(-c3ccc(-c4ccccc4)cc3)n[nH]2)cc1. The molecular weight excluding hydrogens is 360 g/mol. The Morgan fingerprint density at radius 3 is 2.28 bits per heavy atom. The number of hydrogen-bond donors (Lipinski definition) is 2. The molecule has 0 aliphatic heterocycles. The number of nitrogens with zero attached hydrogens (tertiary/aromatic N) is 2. The van der Waals surface area contributed by atoms with Crippen molar-refractivity contribution in [3.05, 3.63) is 102 Å². The van der Waals surface area contributed by atoms with Crippen molar-refractivity contribution in [2.45, 2.75) is 6.92 Å². The molecule has 0 saturated carbocycles. The number of nitrogens with one attached hydrogen (secondary N) is 2. The first-order valence-corrected chi connectivity index (χ1v) is 9.30. The largest absolute Gasteiger partial charge is 0.289 e. The van der Waals surface area contributed by atoms with Crippen LogP contribution in [0.25, 0.3) is 22.4 Å². The fraction of sp³-hybridized carbons (Fsp3) is 0.0417. The maximum Gasteiger partial charge on any atom is 0.289 e. The van der Waals surface area contributed by atoms with Gasteiger partial charge in [0.2, 0.25) is 0 Å². The van der Waals surface area contributed by atoms with Gasteiger partial charge in [-0.25, -0.2) is 5.43 Å². The predicted octanol–water partition coefficient (Wildman–Crippen LogP) is 4.82. The second-order valence-electron chi connectivity index (χ2n) is 6.72. The Morgan fingerprint density at radius 1 is 0.897 bits per heavy atom. The topological polar surface area (TPSA) is 70.1 Å². The minimum absolute atomic E-state index is 0.340. The van der Waals surface area contributed by atoms with Crippen LogP contribution in [0.15, 0.2) is 90.0 Å². The normalized spacial score (nSPS) is 10.9. The number of rotatable bonds is 5. The second-order valence-corrected chi connectivity index (χ2v) is 6.72. The van der Waals surface area contributed by atoms with E-state index in [9.17, 15) is 4.79 Å². The summed E-state index contributed by atoms with van der Waals surface area (Å²) in [5.41, 5.74) is 8.89. The van der Waals surface area contributed by atoms with E-state index in [-0.39, 0.29) is 5.91 Å². The highest BCUT2D eigenvalue weighted by Gasteiger charge is 2.10. The van der Waals surface area contributed by atoms with Crippen molar-refractivity contribution in [3.8, 4) is 22.4 Å². The van der Waals surface area contributed by atoms with Crippen LogP contribution in [0.1, 0.15) is 21.6 Å². The Bertz CT molecular complexity index is 1130. The van der Waals surface area contributed by atoms with E-state index in [0.29, 0.717) is 11.4 Å². The van der Waals surface area contributed by atoms with Gasteiger partial charge in [0.25, 0.3) is 5.91 Å². The smallest absolute Gasteiger partial charge is 0.272 e. The van der Waals surface area contributed by atoms with Crippen LogP contribution in [0, 0.1) is 6.92 Å². The van der Waals surface area contributed by atoms with Gasteiger partial charge >= 0.3 is 0 Å². The van der Waals surface area contributed by atoms with E-state index in [1.165, 1.54) is 5.56 Å². The highest BCUT2D eigenvalue weighted by atomic mass is 16.2. The molecule has 0 unspecified atom stereocenters. The Hall–Kier alpha value is -3.99. The van der Waals surface area contributed by atoms with E-state index < -0.39 is 0 Å². The average molecular weight is 380 g/mol. The maximum absolute atomic E-state index is 12.3. The van der Waals surface area contributed by atoms with Crippen molar-refractivity contribution < 1.29 is 4.79 Å². The minimum Gasteiger partial charge on any atom is -0.272 e. The number of hydrazone groups is 1. The molecule has 2 N–H and O–H groups in total. The van der Waals surface area contributed by atoms with Crippen LogP contribution in [-0.2, 0) is 0 Å². The number of aromatic nitrogens is 2. The molecule has 29 heavy (non-hydrogen) atoms. The van der Waals surface area contributed by atoms with Gasteiger partial charge in [0, 0.05) is 5.56 Å². The molecule has 4 aromatic rings. The molecule has 5 nitrogen and oxygen atoms in total. The zero-order chi connectivity index (χ0) is 20.1. The Labute approximate surface area is 169 Å². The zero-order valence-corrected chi connectivity index (χ0v) is 16.0. The summed E-state index contributed by atoms with van der Waals surface area (Å²) in [7, 11) is 0. The molecule has 0 spiro atoms. The lowest BCUT2D eigenvalue weighted by atomic mass is 10.0. The summed E-state index contributed by atoms with van der Waals surface area (Å²) in [6.07, 6.45) is 1.61. The fourth-order valence-electron chi connectivity index (χ4n) is 2.93. The van der Waals surface area contributed by atoms with E-state index >= 15 is 0 Å². The summed E-state index contributed by atoms with van der Waals surface area (Å²) in [5, 5.41) is 11.0. The van der Waals surface area contributed by atoms with Crippen LogP contribution in [0.2, 0.25) is 0 Å². The quantitative estimate of drug-likeness (QED) is 0.385. The monoisotopic (exact) mass is 380 g/mol. The summed E-state index contributed by atoms with van der Waals surface area (Å²) in [6, 6.07) is 27.9. The molecule has 3 aromatic carbocycles. The van der Waals surface area contributed by atoms with Crippen LogP contribution >= 0.6 is 0 Å². The van der Waals surface area contributed by atoms with Gasteiger partial charge in [0.05, 0.1) is 11.9 Å². The summed E-state index contributed by atoms with van der Waals surface area (Å²) >= 11 is 0. The molecule has 5 heteroatoms. The van der Waals surface area contributed by atoms with Crippen molar-refractivity contribution in [1.82, 2.24) is 15.6 Å². The zero-order valence-electron chi connectivity index (χ0n) is 16.0. The summed E-state index contributed by atoms with van der Waals surface area (Å²) in [4.78, 5) is 12.3. The second kappa shape index (κ2) is 8.35. The number of hydrogen-bond acceptors (Lipinski definition) is 3. The van der Waals surface area contributed by atoms with Crippen molar-refractivity contribution in [2.75, 3.05) is 0 Å². The highest BCUT2D eigenvalue weighted by molar-refractivity contribution is 5.94. The van der Waals surface area contributed by atoms with Crippen LogP contribution in [0.3, 0.4) is 0 Å². The number of amides is 1. The molecule has 0 saturated heterocycles. The Morgan fingerprint density at radius 2 is 1.55 bits per heavy atom. The van der Waals surface area contributed by atoms with Gasteiger partial charge in [-0.1, -0.05) is 84.4 Å². The first-order chi connectivity index (χ1) is 14.2. The fourth-order valence-corrected chi connectivity index (χ4v) is 2.93. The summed E-state index contributed by atoms with van der Waals surface area (Å²) in [5.74, 6) is -0.340. The van der Waals surface area contributed by atoms with Crippen LogP contribution in [-0.4, -0.2) is 22.3 Å². The van der Waals surface area contributed by atoms with Crippen molar-refractivity contribution >= 4 is 12.1 Å². The van der Waals surface area contributed by atoms with E-state index in [1.54, 1.807) is 12.3 Å². The van der Waals surface area contributed by atoms with Crippen molar-refractivity contribution in [3.63, 3.8) is 0 Å². The summed E-state index contributed by atoms with van der Waals surface area (Å²) < 4.78 is 0. The van der Waals surface area contributed by atoms with Gasteiger partial charge in [-0.2, -0.15) is 10.2 Å². The predicted molar refractivity (Wildman–Crippen MR) is 116 cm³/mol. The van der Waals surface area contributed by atoms with Gasteiger partial charge in [0.15, 0.2) is 0 Å². The lowest BCUT2D eigenvalue weighted by Gasteiger charge is -2.02. The number of H-pyrrole nitrogens is 1. The number of aromatic amines is 1. The van der Waals surface area contributed by atoms with E-state index in [0.717, 1.165) is 22.3 Å². The molecule has 142 valence electrons. The Kier molecular flexibility index (Phi) is 5.29. The lowest BCUT2D eigenvalue weighted by molar-refractivity contribution is 0.0950. The molecule has 0 aliphatic carbocycles. The number of aryl methyl sites for hydroxylation is 1. The molecular formula is C24H20N4O. The summed E-state index contributed by atoms with van der Waals surface area (Å²) in [6.45, 7) is 2.02. The number of benzene rings is 3. The maximum atomic E-state index is 12.3. The standard InChI is InChI=1S/C24H20N4O/c1-17-7-9-18(10-8-17)16-25-28-24(29)23-15-22(26-27-23)21-13-11-20(12-14-21)19-5-3-2-4-6-19/h2-16H,1H3,(H,26,27)(H,28,29). The molecule has 1 aromatic heterocycles. The molecule has 4 rings (SSSR count). The van der Waals surface area contributed by atoms with E-state index in [1.807, 2.05) is 73.7 Å². The van der Waals surface area contributed by atoms with Crippen LogP contribution in [0.4, 0.5) is 0 Å².